The predicted molar refractivity (Wildman–Crippen MR) is 103 cm³/mol. The van der Waals surface area contributed by atoms with Gasteiger partial charge in [-0.1, -0.05) is 24.3 Å². The summed E-state index contributed by atoms with van der Waals surface area (Å²) in [6.45, 7) is 0.0657. The van der Waals surface area contributed by atoms with Crippen LogP contribution in [0.25, 0.3) is 0 Å². The molecule has 0 aliphatic carbocycles. The number of ether oxygens (including phenoxy) is 1. The molecule has 0 spiro atoms. The molecule has 0 bridgehead atoms. The third-order valence-electron chi connectivity index (χ3n) is 4.05. The van der Waals surface area contributed by atoms with Gasteiger partial charge < -0.3 is 20.9 Å². The van der Waals surface area contributed by atoms with Crippen LogP contribution in [0.5, 0.6) is 11.5 Å². The van der Waals surface area contributed by atoms with E-state index in [0.717, 1.165) is 11.1 Å². The van der Waals surface area contributed by atoms with Gasteiger partial charge in [-0.3, -0.25) is 14.8 Å². The van der Waals surface area contributed by atoms with Crippen LogP contribution in [0.4, 0.5) is 0 Å². The molecule has 0 heterocycles. The van der Waals surface area contributed by atoms with Crippen molar-refractivity contribution < 1.29 is 24.6 Å². The van der Waals surface area contributed by atoms with E-state index in [-0.39, 0.29) is 25.5 Å². The van der Waals surface area contributed by atoms with Crippen molar-refractivity contribution in [1.29, 1.82) is 0 Å². The van der Waals surface area contributed by atoms with Gasteiger partial charge in [0.2, 0.25) is 11.8 Å². The van der Waals surface area contributed by atoms with Gasteiger partial charge in [0.05, 0.1) is 12.6 Å². The molecule has 0 aromatic heterocycles. The minimum absolute atomic E-state index is 0.122. The number of carbonyl (C=O) groups is 2. The van der Waals surface area contributed by atoms with Crippen LogP contribution < -0.4 is 21.3 Å². The van der Waals surface area contributed by atoms with Crippen molar-refractivity contribution >= 4 is 11.8 Å². The molecule has 8 heteroatoms. The number of nitrogens with one attached hydrogen (secondary N) is 2. The monoisotopic (exact) mass is 387 g/mol. The zero-order valence-corrected chi connectivity index (χ0v) is 15.4. The third kappa shape index (κ3) is 6.99. The fourth-order valence-corrected chi connectivity index (χ4v) is 2.52. The highest BCUT2D eigenvalue weighted by Crippen LogP contribution is 2.22. The second-order valence-corrected chi connectivity index (χ2v) is 6.25. The molecule has 6 N–H and O–H groups in total. The first-order chi connectivity index (χ1) is 13.5. The van der Waals surface area contributed by atoms with E-state index in [2.05, 4.69) is 5.32 Å². The maximum absolute atomic E-state index is 11.7. The Hall–Kier alpha value is -2.94. The second kappa shape index (κ2) is 11.0. The highest BCUT2D eigenvalue weighted by atomic mass is 16.5. The minimum atomic E-state index is -0.682. The van der Waals surface area contributed by atoms with Gasteiger partial charge in [-0.05, 0) is 48.2 Å². The second-order valence-electron chi connectivity index (χ2n) is 6.25. The molecule has 150 valence electrons. The molecule has 2 amide bonds. The Kier molecular flexibility index (Phi) is 8.41. The van der Waals surface area contributed by atoms with E-state index in [1.54, 1.807) is 17.6 Å². The van der Waals surface area contributed by atoms with Gasteiger partial charge in [-0.15, -0.1) is 0 Å². The lowest BCUT2D eigenvalue weighted by Gasteiger charge is -2.12. The molecular formula is C20H25N3O5. The van der Waals surface area contributed by atoms with E-state index < -0.39 is 11.9 Å². The maximum atomic E-state index is 11.7. The van der Waals surface area contributed by atoms with Crippen molar-refractivity contribution in [2.24, 2.45) is 5.73 Å². The fraction of sp³-hybridized carbons (Fsp3) is 0.300. The first-order valence-corrected chi connectivity index (χ1v) is 8.94. The topological polar surface area (TPSA) is 134 Å². The highest BCUT2D eigenvalue weighted by Gasteiger charge is 2.13. The van der Waals surface area contributed by atoms with Crippen molar-refractivity contribution in [2.45, 2.75) is 25.3 Å². The van der Waals surface area contributed by atoms with Gasteiger partial charge in [-0.2, -0.15) is 0 Å². The van der Waals surface area contributed by atoms with Crippen molar-refractivity contribution in [3.63, 3.8) is 0 Å². The van der Waals surface area contributed by atoms with Gasteiger partial charge >= 0.3 is 0 Å². The number of hydrogen-bond acceptors (Lipinski definition) is 6. The lowest BCUT2D eigenvalue weighted by atomic mass is 10.1. The van der Waals surface area contributed by atoms with Gasteiger partial charge in [0.15, 0.2) is 0 Å². The standard InChI is InChI=1S/C20H25N3O5/c21-18(20(26)22-11-12-24)13-15-3-8-17(9-4-15)28-16-6-1-14(2-7-16)5-10-19(25)23-27/h1-4,6-9,18,24,27H,5,10-13,21H2,(H,22,26)(H,23,25)/t18-/m0/s1. The Morgan fingerprint density at radius 3 is 2.11 bits per heavy atom. The molecule has 0 fully saturated rings. The molecule has 0 aliphatic heterocycles. The number of benzene rings is 2. The number of hydrogen-bond donors (Lipinski definition) is 5. The van der Waals surface area contributed by atoms with Crippen molar-refractivity contribution in [3.8, 4) is 11.5 Å². The summed E-state index contributed by atoms with van der Waals surface area (Å²) in [5, 5.41) is 19.8. The Balaban J connectivity index is 1.86. The first kappa shape index (κ1) is 21.4. The normalized spacial score (nSPS) is 11.5. The van der Waals surface area contributed by atoms with E-state index in [4.69, 9.17) is 20.8 Å². The van der Waals surface area contributed by atoms with Crippen molar-refractivity contribution in [1.82, 2.24) is 10.8 Å². The Morgan fingerprint density at radius 2 is 1.57 bits per heavy atom. The van der Waals surface area contributed by atoms with E-state index in [0.29, 0.717) is 24.3 Å². The number of aliphatic hydroxyl groups is 1. The summed E-state index contributed by atoms with van der Waals surface area (Å²) in [6, 6.07) is 13.9. The van der Waals surface area contributed by atoms with E-state index in [9.17, 15) is 9.59 Å². The fourth-order valence-electron chi connectivity index (χ4n) is 2.52. The average Bonchev–Trinajstić information content (AvgIpc) is 2.72. The molecular weight excluding hydrogens is 362 g/mol. The molecule has 0 radical (unpaired) electrons. The summed E-state index contributed by atoms with van der Waals surface area (Å²) >= 11 is 0. The molecule has 0 saturated carbocycles. The third-order valence-corrected chi connectivity index (χ3v) is 4.05. The van der Waals surface area contributed by atoms with Crippen LogP contribution in [0.15, 0.2) is 48.5 Å². The molecule has 2 aromatic carbocycles. The van der Waals surface area contributed by atoms with Crippen LogP contribution in [0.3, 0.4) is 0 Å². The first-order valence-electron chi connectivity index (χ1n) is 8.94. The van der Waals surface area contributed by atoms with Crippen LogP contribution in [-0.4, -0.2) is 41.3 Å². The van der Waals surface area contributed by atoms with Crippen LogP contribution in [0, 0.1) is 0 Å². The van der Waals surface area contributed by atoms with Crippen molar-refractivity contribution in [3.05, 3.63) is 59.7 Å². The van der Waals surface area contributed by atoms with Gasteiger partial charge in [0, 0.05) is 13.0 Å². The van der Waals surface area contributed by atoms with Crippen LogP contribution in [-0.2, 0) is 22.4 Å². The summed E-state index contributed by atoms with van der Waals surface area (Å²) in [6.07, 6.45) is 1.11. The molecule has 0 aliphatic rings. The predicted octanol–water partition coefficient (Wildman–Crippen LogP) is 0.895. The van der Waals surface area contributed by atoms with Gasteiger partial charge in [0.1, 0.15) is 11.5 Å². The Labute approximate surface area is 163 Å². The van der Waals surface area contributed by atoms with E-state index in [1.807, 2.05) is 36.4 Å². The van der Waals surface area contributed by atoms with Crippen LogP contribution in [0.1, 0.15) is 17.5 Å². The quantitative estimate of drug-likeness (QED) is 0.304. The number of rotatable bonds is 10. The highest BCUT2D eigenvalue weighted by molar-refractivity contribution is 5.81. The smallest absolute Gasteiger partial charge is 0.243 e. The summed E-state index contributed by atoms with van der Waals surface area (Å²) in [5.41, 5.74) is 9.32. The molecule has 2 rings (SSSR count). The minimum Gasteiger partial charge on any atom is -0.457 e. The molecule has 2 aromatic rings. The summed E-state index contributed by atoms with van der Waals surface area (Å²) in [7, 11) is 0. The van der Waals surface area contributed by atoms with Crippen LogP contribution in [0.2, 0.25) is 0 Å². The largest absolute Gasteiger partial charge is 0.457 e. The number of aliphatic hydroxyl groups excluding tert-OH is 1. The van der Waals surface area contributed by atoms with E-state index in [1.165, 1.54) is 0 Å². The lowest BCUT2D eigenvalue weighted by molar-refractivity contribution is -0.129. The molecule has 28 heavy (non-hydrogen) atoms. The summed E-state index contributed by atoms with van der Waals surface area (Å²) in [5.74, 6) is 0.578. The molecule has 1 atom stereocenters. The van der Waals surface area contributed by atoms with E-state index >= 15 is 0 Å². The average molecular weight is 387 g/mol. The maximum Gasteiger partial charge on any atom is 0.243 e. The lowest BCUT2D eigenvalue weighted by Crippen LogP contribution is -2.42. The number of amides is 2. The number of aryl methyl sites for hydroxylation is 1. The zero-order chi connectivity index (χ0) is 20.4. The Morgan fingerprint density at radius 1 is 1.00 bits per heavy atom. The molecule has 8 nitrogen and oxygen atoms in total. The van der Waals surface area contributed by atoms with Crippen molar-refractivity contribution in [2.75, 3.05) is 13.2 Å². The molecule has 0 saturated heterocycles. The zero-order valence-electron chi connectivity index (χ0n) is 15.4. The number of carbonyl (C=O) groups excluding carboxylic acids is 2. The van der Waals surface area contributed by atoms with Crippen LogP contribution >= 0.6 is 0 Å². The Bertz CT molecular complexity index is 762. The van der Waals surface area contributed by atoms with Gasteiger partial charge in [-0.25, -0.2) is 5.48 Å². The van der Waals surface area contributed by atoms with Gasteiger partial charge in [0.25, 0.3) is 0 Å². The summed E-state index contributed by atoms with van der Waals surface area (Å²) < 4.78 is 5.78. The SMILES string of the molecule is N[C@@H](Cc1ccc(Oc2ccc(CCC(=O)NO)cc2)cc1)C(=O)NCCO. The summed E-state index contributed by atoms with van der Waals surface area (Å²) in [4.78, 5) is 22.8. The number of nitrogens with two attached hydrogens (primary N) is 1. The molecule has 0 unspecified atom stereocenters. The number of hydroxylamine groups is 1.